The van der Waals surface area contributed by atoms with Crippen molar-refractivity contribution >= 4 is 52.7 Å². The van der Waals surface area contributed by atoms with E-state index in [-0.39, 0.29) is 31.0 Å². The van der Waals surface area contributed by atoms with Gasteiger partial charge in [0, 0.05) is 21.7 Å². The Labute approximate surface area is 172 Å². The van der Waals surface area contributed by atoms with Crippen molar-refractivity contribution in [1.29, 1.82) is 0 Å². The van der Waals surface area contributed by atoms with Crippen molar-refractivity contribution in [3.8, 4) is 0 Å². The van der Waals surface area contributed by atoms with Crippen molar-refractivity contribution in [2.75, 3.05) is 24.8 Å². The van der Waals surface area contributed by atoms with E-state index in [0.29, 0.717) is 27.2 Å². The average molecular weight is 431 g/mol. The molecule has 0 radical (unpaired) electrons. The summed E-state index contributed by atoms with van der Waals surface area (Å²) in [6, 6.07) is 3.79. The maximum atomic E-state index is 13.1. The molecule has 1 atom stereocenters. The largest absolute Gasteiger partial charge is 0.464 e. The van der Waals surface area contributed by atoms with Gasteiger partial charge < -0.3 is 14.5 Å². The van der Waals surface area contributed by atoms with Crippen LogP contribution in [0.25, 0.3) is 0 Å². The SMILES string of the molecule is CCOC(=O)[C@@H](c1ccc(Cl)cc1Cl)N(C(=O)CN1CSCC1=O)C1CC1. The van der Waals surface area contributed by atoms with E-state index < -0.39 is 12.0 Å². The van der Waals surface area contributed by atoms with E-state index in [2.05, 4.69) is 0 Å². The number of carbonyl (C=O) groups excluding carboxylic acids is 3. The van der Waals surface area contributed by atoms with Crippen LogP contribution < -0.4 is 0 Å². The van der Waals surface area contributed by atoms with E-state index in [1.54, 1.807) is 25.1 Å². The molecule has 2 aliphatic rings. The quantitative estimate of drug-likeness (QED) is 0.621. The van der Waals surface area contributed by atoms with Gasteiger partial charge in [-0.3, -0.25) is 9.59 Å². The molecule has 1 aliphatic carbocycles. The Morgan fingerprint density at radius 1 is 1.37 bits per heavy atom. The second kappa shape index (κ2) is 8.71. The summed E-state index contributed by atoms with van der Waals surface area (Å²) < 4.78 is 5.23. The number of ether oxygens (including phenoxy) is 1. The molecule has 1 saturated heterocycles. The van der Waals surface area contributed by atoms with Crippen LogP contribution in [-0.2, 0) is 19.1 Å². The third kappa shape index (κ3) is 4.70. The van der Waals surface area contributed by atoms with Crippen LogP contribution in [0.1, 0.15) is 31.4 Å². The first-order chi connectivity index (χ1) is 12.9. The van der Waals surface area contributed by atoms with Crippen molar-refractivity contribution in [2.24, 2.45) is 0 Å². The number of halogens is 2. The molecule has 0 aromatic heterocycles. The van der Waals surface area contributed by atoms with Gasteiger partial charge in [-0.15, -0.1) is 11.8 Å². The van der Waals surface area contributed by atoms with Crippen molar-refractivity contribution < 1.29 is 19.1 Å². The molecule has 27 heavy (non-hydrogen) atoms. The lowest BCUT2D eigenvalue weighted by atomic mass is 10.0. The van der Waals surface area contributed by atoms with Crippen LogP contribution >= 0.6 is 35.0 Å². The summed E-state index contributed by atoms with van der Waals surface area (Å²) in [5.74, 6) is -0.0293. The van der Waals surface area contributed by atoms with Gasteiger partial charge in [0.15, 0.2) is 6.04 Å². The highest BCUT2D eigenvalue weighted by Gasteiger charge is 2.43. The standard InChI is InChI=1S/C18H20Cl2N2O4S/c1-2-26-18(25)17(13-6-3-11(19)7-14(13)20)22(12-4-5-12)15(23)8-21-10-27-9-16(21)24/h3,6-7,12,17H,2,4-5,8-10H2,1H3/t17-/m1/s1. The predicted octanol–water partition coefficient (Wildman–Crippen LogP) is 3.12. The number of nitrogens with zero attached hydrogens (tertiary/aromatic N) is 2. The number of hydrogen-bond acceptors (Lipinski definition) is 5. The van der Waals surface area contributed by atoms with Crippen LogP contribution in [0.2, 0.25) is 10.0 Å². The number of hydrogen-bond donors (Lipinski definition) is 0. The van der Waals surface area contributed by atoms with Gasteiger partial charge in [0.2, 0.25) is 11.8 Å². The summed E-state index contributed by atoms with van der Waals surface area (Å²) >= 11 is 13.8. The molecule has 1 aliphatic heterocycles. The molecule has 0 bridgehead atoms. The number of carbonyl (C=O) groups is 3. The first-order valence-electron chi connectivity index (χ1n) is 8.70. The van der Waals surface area contributed by atoms with Gasteiger partial charge in [-0.1, -0.05) is 29.3 Å². The topological polar surface area (TPSA) is 66.9 Å². The molecular formula is C18H20Cl2N2O4S. The molecule has 1 saturated carbocycles. The van der Waals surface area contributed by atoms with E-state index in [1.165, 1.54) is 21.6 Å². The molecule has 2 amide bonds. The van der Waals surface area contributed by atoms with E-state index in [0.717, 1.165) is 12.8 Å². The molecule has 3 rings (SSSR count). The van der Waals surface area contributed by atoms with Gasteiger partial charge in [0.25, 0.3) is 0 Å². The maximum Gasteiger partial charge on any atom is 0.333 e. The van der Waals surface area contributed by atoms with Crippen molar-refractivity contribution in [1.82, 2.24) is 9.80 Å². The summed E-state index contributed by atoms with van der Waals surface area (Å²) in [5, 5.41) is 0.738. The lowest BCUT2D eigenvalue weighted by Crippen LogP contribution is -2.46. The lowest BCUT2D eigenvalue weighted by Gasteiger charge is -2.32. The molecule has 1 heterocycles. The minimum Gasteiger partial charge on any atom is -0.464 e. The summed E-state index contributed by atoms with van der Waals surface area (Å²) in [6.45, 7) is 1.85. The van der Waals surface area contributed by atoms with Gasteiger partial charge in [0.1, 0.15) is 6.54 Å². The fourth-order valence-electron chi connectivity index (χ4n) is 3.03. The van der Waals surface area contributed by atoms with E-state index in [9.17, 15) is 14.4 Å². The Bertz CT molecular complexity index is 757. The molecule has 9 heteroatoms. The van der Waals surface area contributed by atoms with Gasteiger partial charge in [-0.05, 0) is 31.9 Å². The first kappa shape index (κ1) is 20.3. The van der Waals surface area contributed by atoms with E-state index >= 15 is 0 Å². The summed E-state index contributed by atoms with van der Waals surface area (Å²) in [5.41, 5.74) is 0.474. The molecule has 1 aromatic rings. The molecule has 146 valence electrons. The number of thioether (sulfide) groups is 1. The van der Waals surface area contributed by atoms with Gasteiger partial charge in [-0.25, -0.2) is 4.79 Å². The Hall–Kier alpha value is -1.44. The Balaban J connectivity index is 1.92. The first-order valence-corrected chi connectivity index (χ1v) is 10.6. The molecule has 6 nitrogen and oxygen atoms in total. The minimum absolute atomic E-state index is 0.0521. The van der Waals surface area contributed by atoms with Crippen LogP contribution in [0, 0.1) is 0 Å². The number of amides is 2. The Morgan fingerprint density at radius 3 is 2.67 bits per heavy atom. The summed E-state index contributed by atoms with van der Waals surface area (Å²) in [6.07, 6.45) is 1.60. The highest BCUT2D eigenvalue weighted by atomic mass is 35.5. The van der Waals surface area contributed by atoms with Crippen molar-refractivity contribution in [3.63, 3.8) is 0 Å². The zero-order chi connectivity index (χ0) is 19.6. The second-order valence-corrected chi connectivity index (χ2v) is 8.22. The van der Waals surface area contributed by atoms with Crippen LogP contribution in [0.15, 0.2) is 18.2 Å². The Morgan fingerprint density at radius 2 is 2.11 bits per heavy atom. The van der Waals surface area contributed by atoms with Crippen LogP contribution in [0.5, 0.6) is 0 Å². The lowest BCUT2D eigenvalue weighted by molar-refractivity contribution is -0.156. The van der Waals surface area contributed by atoms with Crippen molar-refractivity contribution in [2.45, 2.75) is 31.8 Å². The Kier molecular flexibility index (Phi) is 6.55. The maximum absolute atomic E-state index is 13.1. The van der Waals surface area contributed by atoms with Crippen LogP contribution in [0.3, 0.4) is 0 Å². The smallest absolute Gasteiger partial charge is 0.333 e. The molecule has 1 aromatic carbocycles. The van der Waals surface area contributed by atoms with E-state index in [1.807, 2.05) is 0 Å². The van der Waals surface area contributed by atoms with Crippen molar-refractivity contribution in [3.05, 3.63) is 33.8 Å². The molecule has 2 fully saturated rings. The minimum atomic E-state index is -0.958. The zero-order valence-corrected chi connectivity index (χ0v) is 17.1. The summed E-state index contributed by atoms with van der Waals surface area (Å²) in [7, 11) is 0. The molecule has 0 unspecified atom stereocenters. The van der Waals surface area contributed by atoms with Crippen LogP contribution in [0.4, 0.5) is 0 Å². The van der Waals surface area contributed by atoms with Gasteiger partial charge in [0.05, 0.1) is 18.2 Å². The fraction of sp³-hybridized carbons (Fsp3) is 0.500. The second-order valence-electron chi connectivity index (χ2n) is 6.42. The number of rotatable bonds is 7. The van der Waals surface area contributed by atoms with Gasteiger partial charge >= 0.3 is 5.97 Å². The normalized spacial score (nSPS) is 17.7. The third-order valence-electron chi connectivity index (χ3n) is 4.42. The number of benzene rings is 1. The zero-order valence-electron chi connectivity index (χ0n) is 14.8. The molecular weight excluding hydrogens is 411 g/mol. The van der Waals surface area contributed by atoms with E-state index in [4.69, 9.17) is 27.9 Å². The fourth-order valence-corrected chi connectivity index (χ4v) is 4.45. The number of esters is 1. The predicted molar refractivity (Wildman–Crippen MR) is 105 cm³/mol. The van der Waals surface area contributed by atoms with Gasteiger partial charge in [-0.2, -0.15) is 0 Å². The van der Waals surface area contributed by atoms with Crippen LogP contribution in [-0.4, -0.2) is 58.4 Å². The monoisotopic (exact) mass is 430 g/mol. The molecule has 0 spiro atoms. The average Bonchev–Trinajstić information content (AvgIpc) is 3.36. The third-order valence-corrected chi connectivity index (χ3v) is 5.93. The highest BCUT2D eigenvalue weighted by Crippen LogP contribution is 2.38. The summed E-state index contributed by atoms with van der Waals surface area (Å²) in [4.78, 5) is 40.8. The molecule has 0 N–H and O–H groups in total. The highest BCUT2D eigenvalue weighted by molar-refractivity contribution is 8.00.